The molecule has 2 unspecified atom stereocenters. The fourth-order valence-corrected chi connectivity index (χ4v) is 4.96. The van der Waals surface area contributed by atoms with E-state index in [4.69, 9.17) is 0 Å². The summed E-state index contributed by atoms with van der Waals surface area (Å²) < 4.78 is 0. The Bertz CT molecular complexity index is 293. The van der Waals surface area contributed by atoms with E-state index in [1.807, 2.05) is 0 Å². The van der Waals surface area contributed by atoms with Gasteiger partial charge in [-0.1, -0.05) is 111 Å². The van der Waals surface area contributed by atoms with Crippen LogP contribution in [0.5, 0.6) is 0 Å². The zero-order chi connectivity index (χ0) is 19.6. The number of rotatable bonds is 17. The fraction of sp³-hybridized carbons (Fsp3) is 1.00. The summed E-state index contributed by atoms with van der Waals surface area (Å²) in [4.78, 5) is 2.87. The topological polar surface area (TPSA) is 3.24 Å². The van der Waals surface area contributed by atoms with Gasteiger partial charge in [-0.05, 0) is 51.1 Å². The Morgan fingerprint density at radius 1 is 0.556 bits per heavy atom. The SMILES string of the molecule is CCCCCCCCCCCC1CCCC(N(CCCC)CCCC)CC1. The molecule has 1 rings (SSSR count). The zero-order valence-electron chi connectivity index (χ0n) is 19.5. The molecular weight excluding hydrogens is 326 g/mol. The summed E-state index contributed by atoms with van der Waals surface area (Å²) in [6, 6.07) is 0.899. The molecule has 2 atom stereocenters. The minimum atomic E-state index is 0.899. The monoisotopic (exact) mass is 379 g/mol. The van der Waals surface area contributed by atoms with Gasteiger partial charge in [0.05, 0.1) is 0 Å². The normalized spacial score (nSPS) is 20.9. The van der Waals surface area contributed by atoms with Crippen LogP contribution in [-0.4, -0.2) is 24.0 Å². The average Bonchev–Trinajstić information content (AvgIpc) is 2.92. The first-order valence-corrected chi connectivity index (χ1v) is 13.1. The van der Waals surface area contributed by atoms with E-state index in [0.29, 0.717) is 0 Å². The molecule has 27 heavy (non-hydrogen) atoms. The third-order valence-electron chi connectivity index (χ3n) is 6.89. The summed E-state index contributed by atoms with van der Waals surface area (Å²) >= 11 is 0. The van der Waals surface area contributed by atoms with Gasteiger partial charge in [0.2, 0.25) is 0 Å². The highest BCUT2D eigenvalue weighted by Crippen LogP contribution is 2.30. The van der Waals surface area contributed by atoms with Crippen LogP contribution in [0.4, 0.5) is 0 Å². The summed E-state index contributed by atoms with van der Waals surface area (Å²) in [5, 5.41) is 0. The highest BCUT2D eigenvalue weighted by Gasteiger charge is 2.23. The molecule has 0 amide bonds. The van der Waals surface area contributed by atoms with E-state index >= 15 is 0 Å². The van der Waals surface area contributed by atoms with E-state index in [-0.39, 0.29) is 0 Å². The number of hydrogen-bond acceptors (Lipinski definition) is 1. The molecule has 1 nitrogen and oxygen atoms in total. The van der Waals surface area contributed by atoms with Crippen LogP contribution >= 0.6 is 0 Å². The molecule has 0 aromatic carbocycles. The molecule has 1 aliphatic rings. The van der Waals surface area contributed by atoms with Gasteiger partial charge in [-0.2, -0.15) is 0 Å². The smallest absolute Gasteiger partial charge is 0.00953 e. The van der Waals surface area contributed by atoms with Gasteiger partial charge in [0.15, 0.2) is 0 Å². The summed E-state index contributed by atoms with van der Waals surface area (Å²) in [5.41, 5.74) is 0. The predicted octanol–water partition coefficient (Wildman–Crippen LogP) is 8.76. The fourth-order valence-electron chi connectivity index (χ4n) is 4.96. The quantitative estimate of drug-likeness (QED) is 0.180. The summed E-state index contributed by atoms with van der Waals surface area (Å²) in [6.07, 6.45) is 27.7. The minimum absolute atomic E-state index is 0.899. The Morgan fingerprint density at radius 2 is 1.11 bits per heavy atom. The van der Waals surface area contributed by atoms with Crippen molar-refractivity contribution < 1.29 is 0 Å². The van der Waals surface area contributed by atoms with Crippen LogP contribution in [0.1, 0.15) is 143 Å². The van der Waals surface area contributed by atoms with Crippen molar-refractivity contribution in [2.75, 3.05) is 13.1 Å². The van der Waals surface area contributed by atoms with Crippen molar-refractivity contribution in [2.45, 2.75) is 149 Å². The lowest BCUT2D eigenvalue weighted by Crippen LogP contribution is -2.36. The molecule has 0 radical (unpaired) electrons. The van der Waals surface area contributed by atoms with E-state index in [9.17, 15) is 0 Å². The van der Waals surface area contributed by atoms with Crippen LogP contribution in [-0.2, 0) is 0 Å². The molecule has 1 saturated carbocycles. The first-order chi connectivity index (χ1) is 13.3. The van der Waals surface area contributed by atoms with Crippen molar-refractivity contribution in [3.05, 3.63) is 0 Å². The second-order valence-corrected chi connectivity index (χ2v) is 9.39. The lowest BCUT2D eigenvalue weighted by molar-refractivity contribution is 0.172. The van der Waals surface area contributed by atoms with Crippen LogP contribution in [0.2, 0.25) is 0 Å². The molecule has 0 aromatic rings. The number of hydrogen-bond donors (Lipinski definition) is 0. The lowest BCUT2D eigenvalue weighted by atomic mass is 9.93. The maximum Gasteiger partial charge on any atom is 0.00953 e. The third-order valence-corrected chi connectivity index (χ3v) is 6.89. The van der Waals surface area contributed by atoms with Crippen molar-refractivity contribution >= 4 is 0 Å². The van der Waals surface area contributed by atoms with Crippen molar-refractivity contribution in [1.82, 2.24) is 4.90 Å². The number of unbranched alkanes of at least 4 members (excludes halogenated alkanes) is 10. The summed E-state index contributed by atoms with van der Waals surface area (Å²) in [5.74, 6) is 1.04. The average molecular weight is 380 g/mol. The first kappa shape index (κ1) is 25.0. The van der Waals surface area contributed by atoms with Gasteiger partial charge < -0.3 is 4.90 Å². The van der Waals surface area contributed by atoms with Crippen molar-refractivity contribution in [2.24, 2.45) is 5.92 Å². The molecule has 0 aliphatic heterocycles. The van der Waals surface area contributed by atoms with E-state index < -0.39 is 0 Å². The standard InChI is InChI=1S/C26H53N/c1-4-7-10-11-12-13-14-15-16-18-25-19-17-20-26(22-21-25)27(23-8-5-2)24-9-6-3/h25-26H,4-24H2,1-3H3. The molecule has 0 bridgehead atoms. The Morgan fingerprint density at radius 3 is 1.70 bits per heavy atom. The molecular formula is C26H53N. The van der Waals surface area contributed by atoms with Crippen molar-refractivity contribution in [3.8, 4) is 0 Å². The van der Waals surface area contributed by atoms with Crippen LogP contribution in [0.15, 0.2) is 0 Å². The molecule has 1 fully saturated rings. The molecule has 0 saturated heterocycles. The van der Waals surface area contributed by atoms with E-state index in [1.165, 1.54) is 135 Å². The zero-order valence-corrected chi connectivity index (χ0v) is 19.5. The number of nitrogens with zero attached hydrogens (tertiary/aromatic N) is 1. The Hall–Kier alpha value is -0.0400. The maximum absolute atomic E-state index is 2.87. The predicted molar refractivity (Wildman–Crippen MR) is 124 cm³/mol. The van der Waals surface area contributed by atoms with Crippen molar-refractivity contribution in [1.29, 1.82) is 0 Å². The Balaban J connectivity index is 2.14. The van der Waals surface area contributed by atoms with Crippen LogP contribution in [0.3, 0.4) is 0 Å². The highest BCUT2D eigenvalue weighted by molar-refractivity contribution is 4.78. The first-order valence-electron chi connectivity index (χ1n) is 13.1. The third kappa shape index (κ3) is 12.9. The minimum Gasteiger partial charge on any atom is -0.300 e. The summed E-state index contributed by atoms with van der Waals surface area (Å²) in [7, 11) is 0. The summed E-state index contributed by atoms with van der Waals surface area (Å²) in [6.45, 7) is 9.69. The van der Waals surface area contributed by atoms with Gasteiger partial charge >= 0.3 is 0 Å². The van der Waals surface area contributed by atoms with Gasteiger partial charge in [0.25, 0.3) is 0 Å². The van der Waals surface area contributed by atoms with Gasteiger partial charge in [0.1, 0.15) is 0 Å². The highest BCUT2D eigenvalue weighted by atomic mass is 15.1. The second-order valence-electron chi connectivity index (χ2n) is 9.39. The van der Waals surface area contributed by atoms with Gasteiger partial charge in [0, 0.05) is 6.04 Å². The van der Waals surface area contributed by atoms with E-state index in [1.54, 1.807) is 0 Å². The molecule has 0 spiro atoms. The second kappa shape index (κ2) is 18.0. The van der Waals surface area contributed by atoms with Gasteiger partial charge in [-0.25, -0.2) is 0 Å². The molecule has 0 aromatic heterocycles. The van der Waals surface area contributed by atoms with E-state index in [2.05, 4.69) is 25.7 Å². The molecule has 1 aliphatic carbocycles. The molecule has 1 heteroatoms. The van der Waals surface area contributed by atoms with Crippen LogP contribution in [0.25, 0.3) is 0 Å². The van der Waals surface area contributed by atoms with E-state index in [0.717, 1.165) is 12.0 Å². The van der Waals surface area contributed by atoms with Crippen LogP contribution in [0, 0.1) is 5.92 Å². The Labute approximate surface area is 173 Å². The molecule has 162 valence electrons. The van der Waals surface area contributed by atoms with Gasteiger partial charge in [-0.3, -0.25) is 0 Å². The maximum atomic E-state index is 2.87. The van der Waals surface area contributed by atoms with Crippen LogP contribution < -0.4 is 0 Å². The largest absolute Gasteiger partial charge is 0.300 e. The Kier molecular flexibility index (Phi) is 16.7. The molecule has 0 N–H and O–H groups in total. The molecule has 0 heterocycles. The lowest BCUT2D eigenvalue weighted by Gasteiger charge is -2.31. The van der Waals surface area contributed by atoms with Crippen molar-refractivity contribution in [3.63, 3.8) is 0 Å². The van der Waals surface area contributed by atoms with Gasteiger partial charge in [-0.15, -0.1) is 0 Å².